The van der Waals surface area contributed by atoms with E-state index >= 15 is 0 Å². The number of aromatic nitrogens is 1. The van der Waals surface area contributed by atoms with E-state index in [9.17, 15) is 0 Å². The second-order valence-electron chi connectivity index (χ2n) is 3.14. The van der Waals surface area contributed by atoms with E-state index in [0.29, 0.717) is 16.8 Å². The number of benzene rings is 1. The summed E-state index contributed by atoms with van der Waals surface area (Å²) in [6.45, 7) is 0.603. The van der Waals surface area contributed by atoms with Crippen LogP contribution in [-0.4, -0.2) is 17.3 Å². The number of hydrogen-bond donors (Lipinski definition) is 1. The van der Waals surface area contributed by atoms with Gasteiger partial charge in [-0.1, -0.05) is 35.1 Å². The van der Waals surface area contributed by atoms with Crippen molar-refractivity contribution in [3.63, 3.8) is 0 Å². The Hall–Kier alpha value is -0.910. The third-order valence-electron chi connectivity index (χ3n) is 1.92. The fourth-order valence-corrected chi connectivity index (χ4v) is 3.04. The molecule has 0 bridgehead atoms. The molecule has 17 heavy (non-hydrogen) atoms. The zero-order valence-electron chi connectivity index (χ0n) is 8.93. The van der Waals surface area contributed by atoms with Gasteiger partial charge in [-0.2, -0.15) is 0 Å². The molecule has 1 aromatic heterocycles. The zero-order valence-corrected chi connectivity index (χ0v) is 11.3. The summed E-state index contributed by atoms with van der Waals surface area (Å²) in [6.07, 6.45) is 1.78. The molecule has 0 atom stereocenters. The summed E-state index contributed by atoms with van der Waals surface area (Å²) in [5.74, 6) is 1.56. The topological polar surface area (TPSA) is 48.1 Å². The lowest BCUT2D eigenvalue weighted by molar-refractivity contribution is 0.344. The molecule has 0 unspecified atom stereocenters. The van der Waals surface area contributed by atoms with Crippen molar-refractivity contribution in [2.24, 2.45) is 0 Å². The molecule has 2 aromatic rings. The van der Waals surface area contributed by atoms with Gasteiger partial charge in [0, 0.05) is 5.75 Å². The number of thiazole rings is 1. The van der Waals surface area contributed by atoms with Crippen LogP contribution < -0.4 is 10.5 Å². The van der Waals surface area contributed by atoms with Gasteiger partial charge < -0.3 is 10.5 Å². The van der Waals surface area contributed by atoms with Gasteiger partial charge in [0.1, 0.15) is 5.75 Å². The van der Waals surface area contributed by atoms with Crippen molar-refractivity contribution in [1.29, 1.82) is 0 Å². The first kappa shape index (κ1) is 12.5. The van der Waals surface area contributed by atoms with E-state index in [4.69, 9.17) is 22.1 Å². The van der Waals surface area contributed by atoms with Gasteiger partial charge in [-0.05, 0) is 12.1 Å². The van der Waals surface area contributed by atoms with Crippen molar-refractivity contribution >= 4 is 39.8 Å². The van der Waals surface area contributed by atoms with E-state index in [1.807, 2.05) is 24.3 Å². The maximum Gasteiger partial charge on any atom is 0.181 e. The lowest BCUT2D eigenvalue weighted by Gasteiger charge is -2.06. The molecule has 0 aliphatic carbocycles. The van der Waals surface area contributed by atoms with E-state index in [1.165, 1.54) is 11.3 Å². The molecule has 90 valence electrons. The number of nitrogen functional groups attached to an aromatic ring is 1. The first-order chi connectivity index (χ1) is 8.25. The van der Waals surface area contributed by atoms with E-state index in [-0.39, 0.29) is 0 Å². The van der Waals surface area contributed by atoms with Crippen LogP contribution in [0.5, 0.6) is 5.75 Å². The lowest BCUT2D eigenvalue weighted by Crippen LogP contribution is -1.99. The van der Waals surface area contributed by atoms with Gasteiger partial charge in [0.2, 0.25) is 0 Å². The molecule has 6 heteroatoms. The molecule has 1 heterocycles. The van der Waals surface area contributed by atoms with E-state index in [0.717, 1.165) is 15.7 Å². The van der Waals surface area contributed by atoms with Gasteiger partial charge in [-0.25, -0.2) is 4.98 Å². The van der Waals surface area contributed by atoms with Crippen LogP contribution in [0.25, 0.3) is 0 Å². The molecule has 2 rings (SSSR count). The Bertz CT molecular complexity index is 490. The number of anilines is 1. The molecule has 0 aliphatic heterocycles. The minimum atomic E-state index is 0.597. The van der Waals surface area contributed by atoms with Crippen LogP contribution in [0, 0.1) is 0 Å². The maximum atomic E-state index is 5.97. The first-order valence-corrected chi connectivity index (χ1v) is 7.15. The fraction of sp³-hybridized carbons (Fsp3) is 0.182. The van der Waals surface area contributed by atoms with Gasteiger partial charge in [0.05, 0.1) is 22.0 Å². The maximum absolute atomic E-state index is 5.97. The standard InChI is InChI=1S/C11H11ClN2OS2/c12-8-3-1-2-4-9(8)15-5-6-16-10-7-14-11(13)17-10/h1-4,7H,5-6H2,(H2,13,14). The first-order valence-electron chi connectivity index (χ1n) is 4.97. The number of ether oxygens (including phenoxy) is 1. The number of halogens is 1. The minimum absolute atomic E-state index is 0.597. The molecule has 0 aliphatic rings. The van der Waals surface area contributed by atoms with Crippen LogP contribution in [0.3, 0.4) is 0 Å². The second-order valence-corrected chi connectivity index (χ2v) is 6.01. The van der Waals surface area contributed by atoms with Crippen LogP contribution in [0.1, 0.15) is 0 Å². The van der Waals surface area contributed by atoms with Crippen LogP contribution in [0.15, 0.2) is 34.7 Å². The van der Waals surface area contributed by atoms with Crippen molar-refractivity contribution in [1.82, 2.24) is 4.98 Å². The average molecular weight is 287 g/mol. The largest absolute Gasteiger partial charge is 0.491 e. The van der Waals surface area contributed by atoms with Gasteiger partial charge >= 0.3 is 0 Å². The predicted molar refractivity (Wildman–Crippen MR) is 74.2 cm³/mol. The quantitative estimate of drug-likeness (QED) is 0.674. The number of nitrogens with two attached hydrogens (primary N) is 1. The SMILES string of the molecule is Nc1ncc(SCCOc2ccccc2Cl)s1. The Balaban J connectivity index is 1.75. The zero-order chi connectivity index (χ0) is 12.1. The van der Waals surface area contributed by atoms with E-state index < -0.39 is 0 Å². The number of rotatable bonds is 5. The molecule has 0 saturated heterocycles. The van der Waals surface area contributed by atoms with Gasteiger partial charge in [0.25, 0.3) is 0 Å². The van der Waals surface area contributed by atoms with Crippen LogP contribution in [0.2, 0.25) is 5.02 Å². The van der Waals surface area contributed by atoms with Crippen LogP contribution in [-0.2, 0) is 0 Å². The molecule has 2 N–H and O–H groups in total. The normalized spacial score (nSPS) is 10.4. The highest BCUT2D eigenvalue weighted by Crippen LogP contribution is 2.27. The molecule has 0 spiro atoms. The molecule has 0 fully saturated rings. The lowest BCUT2D eigenvalue weighted by atomic mass is 10.3. The van der Waals surface area contributed by atoms with Crippen molar-refractivity contribution in [2.75, 3.05) is 18.1 Å². The summed E-state index contributed by atoms with van der Waals surface area (Å²) >= 11 is 9.13. The third kappa shape index (κ3) is 3.80. The van der Waals surface area contributed by atoms with Crippen molar-refractivity contribution in [3.8, 4) is 5.75 Å². The smallest absolute Gasteiger partial charge is 0.181 e. The van der Waals surface area contributed by atoms with Crippen LogP contribution >= 0.6 is 34.7 Å². The monoisotopic (exact) mass is 286 g/mol. The Morgan fingerprint density at radius 1 is 1.41 bits per heavy atom. The summed E-state index contributed by atoms with van der Waals surface area (Å²) in [7, 11) is 0. The minimum Gasteiger partial charge on any atom is -0.491 e. The summed E-state index contributed by atoms with van der Waals surface area (Å²) < 4.78 is 6.67. The fourth-order valence-electron chi connectivity index (χ4n) is 1.19. The van der Waals surface area contributed by atoms with E-state index in [2.05, 4.69) is 4.98 Å². The molecule has 0 radical (unpaired) electrons. The summed E-state index contributed by atoms with van der Waals surface area (Å²) in [5.41, 5.74) is 5.54. The summed E-state index contributed by atoms with van der Waals surface area (Å²) in [4.78, 5) is 3.98. The number of para-hydroxylation sites is 1. The molecular weight excluding hydrogens is 276 g/mol. The van der Waals surface area contributed by atoms with Crippen molar-refractivity contribution in [3.05, 3.63) is 35.5 Å². The Labute approximate surface area is 113 Å². The third-order valence-corrected chi connectivity index (χ3v) is 4.22. The molecule has 3 nitrogen and oxygen atoms in total. The summed E-state index contributed by atoms with van der Waals surface area (Å²) in [6, 6.07) is 7.45. The second kappa shape index (κ2) is 6.14. The highest BCUT2D eigenvalue weighted by Gasteiger charge is 2.01. The van der Waals surface area contributed by atoms with Crippen molar-refractivity contribution in [2.45, 2.75) is 4.21 Å². The number of thioether (sulfide) groups is 1. The van der Waals surface area contributed by atoms with Gasteiger partial charge in [-0.15, -0.1) is 11.8 Å². The Kier molecular flexibility index (Phi) is 4.53. The van der Waals surface area contributed by atoms with Crippen LogP contribution in [0.4, 0.5) is 5.13 Å². The molecule has 0 saturated carbocycles. The molecular formula is C11H11ClN2OS2. The predicted octanol–water partition coefficient (Wildman–Crippen LogP) is 3.55. The highest BCUT2D eigenvalue weighted by atomic mass is 35.5. The molecule has 0 amide bonds. The van der Waals surface area contributed by atoms with Crippen molar-refractivity contribution < 1.29 is 4.74 Å². The van der Waals surface area contributed by atoms with Gasteiger partial charge in [0.15, 0.2) is 5.13 Å². The Morgan fingerprint density at radius 2 is 2.24 bits per heavy atom. The molecule has 1 aromatic carbocycles. The number of nitrogens with zero attached hydrogens (tertiary/aromatic N) is 1. The number of hydrogen-bond acceptors (Lipinski definition) is 5. The van der Waals surface area contributed by atoms with E-state index in [1.54, 1.807) is 18.0 Å². The van der Waals surface area contributed by atoms with Gasteiger partial charge in [-0.3, -0.25) is 0 Å². The Morgan fingerprint density at radius 3 is 2.94 bits per heavy atom. The highest BCUT2D eigenvalue weighted by molar-refractivity contribution is 8.01. The average Bonchev–Trinajstić information content (AvgIpc) is 2.73. The summed E-state index contributed by atoms with van der Waals surface area (Å²) in [5, 5.41) is 1.24.